The number of benzene rings is 1. The second-order valence-corrected chi connectivity index (χ2v) is 6.02. The first-order valence-corrected chi connectivity index (χ1v) is 8.36. The molecule has 1 aliphatic heterocycles. The van der Waals surface area contributed by atoms with Gasteiger partial charge in [-0.05, 0) is 42.1 Å². The standard InChI is InChI=1S/C17H18ClN5O3/c1-25-14-8-13(22-16(18)23-14)15(24)20-11-5-2-10(3-6-11)4-7-12-9-26-17(19)21-12/h2-3,5-6,8,12H,4,7,9H2,1H3,(H2,19,21)(H,20,24). The molecule has 0 radical (unpaired) electrons. The summed E-state index contributed by atoms with van der Waals surface area (Å²) in [5, 5.41) is 2.71. The predicted molar refractivity (Wildman–Crippen MR) is 97.7 cm³/mol. The Morgan fingerprint density at radius 2 is 2.15 bits per heavy atom. The molecule has 1 unspecified atom stereocenters. The minimum atomic E-state index is -0.395. The fraction of sp³-hybridized carbons (Fsp3) is 0.294. The number of nitrogens with two attached hydrogens (primary N) is 1. The zero-order chi connectivity index (χ0) is 18.5. The molecule has 136 valence electrons. The number of ether oxygens (including phenoxy) is 2. The number of nitrogens with zero attached hydrogens (tertiary/aromatic N) is 3. The number of carbonyl (C=O) groups is 1. The van der Waals surface area contributed by atoms with E-state index in [1.165, 1.54) is 13.2 Å². The molecule has 9 heteroatoms. The van der Waals surface area contributed by atoms with Gasteiger partial charge in [-0.3, -0.25) is 4.79 Å². The van der Waals surface area contributed by atoms with Gasteiger partial charge < -0.3 is 20.5 Å². The van der Waals surface area contributed by atoms with E-state index in [4.69, 9.17) is 26.8 Å². The van der Waals surface area contributed by atoms with Gasteiger partial charge in [0.15, 0.2) is 0 Å². The lowest BCUT2D eigenvalue weighted by atomic mass is 10.1. The van der Waals surface area contributed by atoms with Crippen LogP contribution in [0, 0.1) is 0 Å². The van der Waals surface area contributed by atoms with Crippen molar-refractivity contribution < 1.29 is 14.3 Å². The Kier molecular flexibility index (Phi) is 5.52. The fourth-order valence-electron chi connectivity index (χ4n) is 2.48. The summed E-state index contributed by atoms with van der Waals surface area (Å²) in [6.07, 6.45) is 1.70. The van der Waals surface area contributed by atoms with Crippen molar-refractivity contribution in [1.82, 2.24) is 9.97 Å². The van der Waals surface area contributed by atoms with E-state index in [9.17, 15) is 4.79 Å². The molecule has 0 bridgehead atoms. The molecule has 1 amide bonds. The number of rotatable bonds is 6. The maximum Gasteiger partial charge on any atom is 0.282 e. The predicted octanol–water partition coefficient (Wildman–Crippen LogP) is 2.04. The lowest BCUT2D eigenvalue weighted by molar-refractivity contribution is 0.102. The average molecular weight is 376 g/mol. The number of aromatic nitrogens is 2. The van der Waals surface area contributed by atoms with Crippen LogP contribution in [0.15, 0.2) is 35.3 Å². The van der Waals surface area contributed by atoms with Crippen molar-refractivity contribution in [2.24, 2.45) is 10.7 Å². The van der Waals surface area contributed by atoms with Gasteiger partial charge in [0.05, 0.1) is 13.2 Å². The SMILES string of the molecule is COc1cc(C(=O)Nc2ccc(CCC3COC(N)=N3)cc2)nc(Cl)n1. The zero-order valence-electron chi connectivity index (χ0n) is 14.1. The first-order chi connectivity index (χ1) is 12.5. The quantitative estimate of drug-likeness (QED) is 0.747. The van der Waals surface area contributed by atoms with Gasteiger partial charge in [0, 0.05) is 11.8 Å². The molecule has 2 aromatic rings. The topological polar surface area (TPSA) is 112 Å². The van der Waals surface area contributed by atoms with E-state index in [1.54, 1.807) is 0 Å². The molecule has 3 rings (SSSR count). The highest BCUT2D eigenvalue weighted by molar-refractivity contribution is 6.28. The monoisotopic (exact) mass is 375 g/mol. The molecule has 0 spiro atoms. The fourth-order valence-corrected chi connectivity index (χ4v) is 2.66. The Hall–Kier alpha value is -2.87. The van der Waals surface area contributed by atoms with Gasteiger partial charge in [-0.1, -0.05) is 12.1 Å². The van der Waals surface area contributed by atoms with Gasteiger partial charge in [-0.2, -0.15) is 4.98 Å². The van der Waals surface area contributed by atoms with Crippen molar-refractivity contribution in [3.8, 4) is 5.88 Å². The molecule has 0 saturated heterocycles. The molecule has 0 saturated carbocycles. The van der Waals surface area contributed by atoms with Crippen LogP contribution in [-0.4, -0.2) is 41.7 Å². The van der Waals surface area contributed by atoms with Gasteiger partial charge in [0.1, 0.15) is 12.3 Å². The van der Waals surface area contributed by atoms with Crippen molar-refractivity contribution in [2.45, 2.75) is 18.9 Å². The van der Waals surface area contributed by atoms with Crippen LogP contribution in [-0.2, 0) is 11.2 Å². The zero-order valence-corrected chi connectivity index (χ0v) is 14.9. The number of methoxy groups -OCH3 is 1. The summed E-state index contributed by atoms with van der Waals surface area (Å²) in [4.78, 5) is 24.2. The Balaban J connectivity index is 1.58. The normalized spacial score (nSPS) is 15.9. The molecule has 1 aliphatic rings. The summed E-state index contributed by atoms with van der Waals surface area (Å²) in [6, 6.07) is 9.34. The van der Waals surface area contributed by atoms with Crippen LogP contribution in [0.2, 0.25) is 5.28 Å². The van der Waals surface area contributed by atoms with E-state index >= 15 is 0 Å². The molecule has 0 aliphatic carbocycles. The molecule has 1 aromatic carbocycles. The van der Waals surface area contributed by atoms with Gasteiger partial charge in [0.2, 0.25) is 11.2 Å². The number of aliphatic imine (C=N–C) groups is 1. The summed E-state index contributed by atoms with van der Waals surface area (Å²) in [5.41, 5.74) is 7.41. The third-order valence-electron chi connectivity index (χ3n) is 3.83. The highest BCUT2D eigenvalue weighted by atomic mass is 35.5. The lowest BCUT2D eigenvalue weighted by Crippen LogP contribution is -2.14. The van der Waals surface area contributed by atoms with Crippen LogP contribution in [0.25, 0.3) is 0 Å². The summed E-state index contributed by atoms with van der Waals surface area (Å²) in [5.74, 6) is -0.169. The maximum atomic E-state index is 12.3. The third kappa shape index (κ3) is 4.60. The molecular formula is C17H18ClN5O3. The molecular weight excluding hydrogens is 358 g/mol. The van der Waals surface area contributed by atoms with E-state index < -0.39 is 5.91 Å². The number of aryl methyl sites for hydroxylation is 1. The van der Waals surface area contributed by atoms with Gasteiger partial charge in [-0.15, -0.1) is 0 Å². The van der Waals surface area contributed by atoms with Crippen molar-refractivity contribution >= 4 is 29.2 Å². The number of amides is 1. The number of anilines is 1. The highest BCUT2D eigenvalue weighted by Gasteiger charge is 2.16. The van der Waals surface area contributed by atoms with Gasteiger partial charge in [-0.25, -0.2) is 9.98 Å². The smallest absolute Gasteiger partial charge is 0.282 e. The number of amidine groups is 1. The van der Waals surface area contributed by atoms with Crippen LogP contribution >= 0.6 is 11.6 Å². The molecule has 2 heterocycles. The van der Waals surface area contributed by atoms with Crippen LogP contribution < -0.4 is 15.8 Å². The second-order valence-electron chi connectivity index (χ2n) is 5.69. The van der Waals surface area contributed by atoms with Gasteiger partial charge >= 0.3 is 0 Å². The first-order valence-electron chi connectivity index (χ1n) is 7.98. The summed E-state index contributed by atoms with van der Waals surface area (Å²) < 4.78 is 10.1. The minimum Gasteiger partial charge on any atom is -0.481 e. The Morgan fingerprint density at radius 1 is 1.38 bits per heavy atom. The summed E-state index contributed by atoms with van der Waals surface area (Å²) in [7, 11) is 1.44. The van der Waals surface area contributed by atoms with E-state index in [-0.39, 0.29) is 28.9 Å². The van der Waals surface area contributed by atoms with Crippen LogP contribution in [0.5, 0.6) is 5.88 Å². The number of carbonyl (C=O) groups excluding carboxylic acids is 1. The number of hydrogen-bond donors (Lipinski definition) is 2. The number of halogens is 1. The van der Waals surface area contributed by atoms with E-state index in [1.807, 2.05) is 24.3 Å². The Labute approximate surface area is 155 Å². The van der Waals surface area contributed by atoms with Crippen LogP contribution in [0.3, 0.4) is 0 Å². The molecule has 0 fully saturated rings. The van der Waals surface area contributed by atoms with E-state index in [2.05, 4.69) is 20.3 Å². The first kappa shape index (κ1) is 17.9. The number of hydrogen-bond acceptors (Lipinski definition) is 7. The Bertz CT molecular complexity index is 826. The van der Waals surface area contributed by atoms with Crippen molar-refractivity contribution in [3.63, 3.8) is 0 Å². The molecule has 26 heavy (non-hydrogen) atoms. The minimum absolute atomic E-state index is 0.0518. The van der Waals surface area contributed by atoms with Gasteiger partial charge in [0.25, 0.3) is 11.9 Å². The molecule has 1 atom stereocenters. The van der Waals surface area contributed by atoms with Crippen molar-refractivity contribution in [1.29, 1.82) is 0 Å². The van der Waals surface area contributed by atoms with E-state index in [0.29, 0.717) is 12.3 Å². The third-order valence-corrected chi connectivity index (χ3v) is 4.00. The molecule has 8 nitrogen and oxygen atoms in total. The average Bonchev–Trinajstić information content (AvgIpc) is 3.06. The summed E-state index contributed by atoms with van der Waals surface area (Å²) >= 11 is 5.79. The highest BCUT2D eigenvalue weighted by Crippen LogP contribution is 2.17. The van der Waals surface area contributed by atoms with Crippen molar-refractivity contribution in [2.75, 3.05) is 19.0 Å². The largest absolute Gasteiger partial charge is 0.481 e. The Morgan fingerprint density at radius 3 is 2.81 bits per heavy atom. The van der Waals surface area contributed by atoms with E-state index in [0.717, 1.165) is 18.4 Å². The second kappa shape index (κ2) is 8.01. The number of nitrogens with one attached hydrogen (secondary N) is 1. The maximum absolute atomic E-state index is 12.3. The molecule has 3 N–H and O–H groups in total. The van der Waals surface area contributed by atoms with Crippen LogP contribution in [0.4, 0.5) is 5.69 Å². The molecule has 1 aromatic heterocycles. The lowest BCUT2D eigenvalue weighted by Gasteiger charge is -2.08. The van der Waals surface area contributed by atoms with Crippen molar-refractivity contribution in [3.05, 3.63) is 46.9 Å². The summed E-state index contributed by atoms with van der Waals surface area (Å²) in [6.45, 7) is 0.533. The van der Waals surface area contributed by atoms with Crippen LogP contribution in [0.1, 0.15) is 22.5 Å².